The van der Waals surface area contributed by atoms with E-state index >= 15 is 0 Å². The number of carbonyl (C=O) groups is 5. The first-order valence-corrected chi connectivity index (χ1v) is 11.6. The second-order valence-electron chi connectivity index (χ2n) is 8.76. The molecule has 1 aliphatic rings. The van der Waals surface area contributed by atoms with E-state index in [0.717, 1.165) is 0 Å². The third-order valence-corrected chi connectivity index (χ3v) is 5.11. The zero-order valence-corrected chi connectivity index (χ0v) is 21.6. The number of carbonyl (C=O) groups excluding carboxylic acids is 5. The Kier molecular flexibility index (Phi) is 10.6. The predicted octanol–water partition coefficient (Wildman–Crippen LogP) is 1.17. The van der Waals surface area contributed by atoms with Gasteiger partial charge in [-0.05, 0) is 6.92 Å². The molecule has 1 amide bonds. The van der Waals surface area contributed by atoms with Crippen molar-refractivity contribution in [1.82, 2.24) is 10.3 Å². The number of ether oxygens (including phenoxy) is 6. The summed E-state index contributed by atoms with van der Waals surface area (Å²) >= 11 is 0. The fourth-order valence-electron chi connectivity index (χ4n) is 2.93. The van der Waals surface area contributed by atoms with Gasteiger partial charge in [0, 0.05) is 12.3 Å². The summed E-state index contributed by atoms with van der Waals surface area (Å²) in [6.45, 7) is 6.94. The number of pyridine rings is 1. The standard InChI is InChI=1S/C24H32N2O11/c1-12(2)22(29)35-11-34-20-16(32-6)7-8-25-19(20)21(28)26-15-10-33-18(27)9-17(14(5)36-24(15)31)37-23(30)13(3)4/h7-8,12-15,17H,9-11H2,1-6H3,(H,26,28). The van der Waals surface area contributed by atoms with Crippen LogP contribution in [0.3, 0.4) is 0 Å². The lowest BCUT2D eigenvalue weighted by Gasteiger charge is -2.24. The van der Waals surface area contributed by atoms with E-state index in [0.29, 0.717) is 0 Å². The monoisotopic (exact) mass is 524 g/mol. The van der Waals surface area contributed by atoms with Crippen molar-refractivity contribution < 1.29 is 52.4 Å². The lowest BCUT2D eigenvalue weighted by Crippen LogP contribution is -2.46. The number of esters is 4. The first kappa shape index (κ1) is 29.3. The Morgan fingerprint density at radius 1 is 1.14 bits per heavy atom. The average Bonchev–Trinajstić information content (AvgIpc) is 2.89. The zero-order valence-electron chi connectivity index (χ0n) is 21.6. The van der Waals surface area contributed by atoms with E-state index in [4.69, 9.17) is 28.4 Å². The molecule has 1 aromatic heterocycles. The van der Waals surface area contributed by atoms with E-state index in [2.05, 4.69) is 10.3 Å². The number of cyclic esters (lactones) is 2. The SMILES string of the molecule is COc1ccnc(C(=O)NC2COC(=O)CC(OC(=O)C(C)C)C(C)OC2=O)c1OCOC(=O)C(C)C. The number of nitrogens with zero attached hydrogens (tertiary/aromatic N) is 1. The topological polar surface area (TPSA) is 166 Å². The largest absolute Gasteiger partial charge is 0.493 e. The van der Waals surface area contributed by atoms with Crippen LogP contribution in [0.4, 0.5) is 0 Å². The molecule has 1 fully saturated rings. The van der Waals surface area contributed by atoms with Gasteiger partial charge in [0.25, 0.3) is 5.91 Å². The molecule has 13 nitrogen and oxygen atoms in total. The van der Waals surface area contributed by atoms with Crippen LogP contribution in [0.1, 0.15) is 51.5 Å². The Labute approximate surface area is 214 Å². The molecule has 2 heterocycles. The number of hydrogen-bond donors (Lipinski definition) is 1. The highest BCUT2D eigenvalue weighted by atomic mass is 16.7. The summed E-state index contributed by atoms with van der Waals surface area (Å²) in [6, 6.07) is 0.0187. The quantitative estimate of drug-likeness (QED) is 0.279. The molecular formula is C24H32N2O11. The molecule has 0 spiro atoms. The van der Waals surface area contributed by atoms with Crippen molar-refractivity contribution in [3.8, 4) is 11.5 Å². The van der Waals surface area contributed by atoms with Crippen LogP contribution < -0.4 is 14.8 Å². The van der Waals surface area contributed by atoms with Gasteiger partial charge in [-0.3, -0.25) is 19.2 Å². The molecule has 1 aliphatic heterocycles. The van der Waals surface area contributed by atoms with Gasteiger partial charge in [-0.1, -0.05) is 27.7 Å². The molecule has 1 saturated heterocycles. The van der Waals surface area contributed by atoms with Gasteiger partial charge in [-0.25, -0.2) is 9.78 Å². The van der Waals surface area contributed by atoms with E-state index in [-0.39, 0.29) is 23.6 Å². The van der Waals surface area contributed by atoms with Crippen LogP contribution in [0.5, 0.6) is 11.5 Å². The minimum atomic E-state index is -1.40. The van der Waals surface area contributed by atoms with Gasteiger partial charge >= 0.3 is 23.9 Å². The highest BCUT2D eigenvalue weighted by molar-refractivity contribution is 5.98. The smallest absolute Gasteiger partial charge is 0.332 e. The zero-order chi connectivity index (χ0) is 27.7. The van der Waals surface area contributed by atoms with E-state index in [1.54, 1.807) is 27.7 Å². The Morgan fingerprint density at radius 2 is 1.81 bits per heavy atom. The molecule has 2 rings (SSSR count). The molecule has 0 aromatic carbocycles. The summed E-state index contributed by atoms with van der Waals surface area (Å²) in [5.41, 5.74) is -0.282. The molecule has 1 N–H and O–H groups in total. The maximum Gasteiger partial charge on any atom is 0.332 e. The van der Waals surface area contributed by atoms with Gasteiger partial charge in [0.1, 0.15) is 18.8 Å². The Morgan fingerprint density at radius 3 is 2.43 bits per heavy atom. The Bertz CT molecular complexity index is 1010. The van der Waals surface area contributed by atoms with Crippen molar-refractivity contribution in [2.75, 3.05) is 20.5 Å². The third kappa shape index (κ3) is 8.33. The third-order valence-electron chi connectivity index (χ3n) is 5.11. The van der Waals surface area contributed by atoms with Crippen molar-refractivity contribution in [2.45, 2.75) is 59.3 Å². The number of nitrogens with one attached hydrogen (secondary N) is 1. The molecule has 13 heteroatoms. The first-order valence-electron chi connectivity index (χ1n) is 11.6. The molecule has 0 radical (unpaired) electrons. The van der Waals surface area contributed by atoms with E-state index in [9.17, 15) is 24.0 Å². The van der Waals surface area contributed by atoms with E-state index in [1.807, 2.05) is 0 Å². The molecule has 1 aromatic rings. The van der Waals surface area contributed by atoms with Crippen molar-refractivity contribution >= 4 is 29.8 Å². The number of rotatable bonds is 9. The normalized spacial score (nSPS) is 20.1. The molecule has 0 bridgehead atoms. The summed E-state index contributed by atoms with van der Waals surface area (Å²) in [6.07, 6.45) is -1.12. The molecule has 37 heavy (non-hydrogen) atoms. The first-order chi connectivity index (χ1) is 17.4. The van der Waals surface area contributed by atoms with Crippen LogP contribution >= 0.6 is 0 Å². The molecular weight excluding hydrogens is 492 g/mol. The van der Waals surface area contributed by atoms with E-state index in [1.165, 1.54) is 26.3 Å². The number of amides is 1. The summed E-state index contributed by atoms with van der Waals surface area (Å²) in [4.78, 5) is 65.8. The van der Waals surface area contributed by atoms with Gasteiger partial charge < -0.3 is 33.7 Å². The van der Waals surface area contributed by atoms with Crippen molar-refractivity contribution in [3.63, 3.8) is 0 Å². The van der Waals surface area contributed by atoms with Crippen molar-refractivity contribution in [2.24, 2.45) is 11.8 Å². The van der Waals surface area contributed by atoms with Gasteiger partial charge in [0.05, 0.1) is 25.4 Å². The van der Waals surface area contributed by atoms with Crippen LogP contribution in [0, 0.1) is 11.8 Å². The lowest BCUT2D eigenvalue weighted by atomic mass is 10.1. The average molecular weight is 525 g/mol. The summed E-state index contributed by atoms with van der Waals surface area (Å²) in [5, 5.41) is 2.40. The number of methoxy groups -OCH3 is 1. The molecule has 3 unspecified atom stereocenters. The van der Waals surface area contributed by atoms with Crippen molar-refractivity contribution in [1.29, 1.82) is 0 Å². The van der Waals surface area contributed by atoms with Crippen LogP contribution in [-0.4, -0.2) is 73.5 Å². The fourth-order valence-corrected chi connectivity index (χ4v) is 2.93. The van der Waals surface area contributed by atoms with Crippen LogP contribution in [0.2, 0.25) is 0 Å². The van der Waals surface area contributed by atoms with Gasteiger partial charge in [0.15, 0.2) is 23.2 Å². The molecule has 0 saturated carbocycles. The Hall–Kier alpha value is -3.90. The van der Waals surface area contributed by atoms with Crippen LogP contribution in [0.15, 0.2) is 12.3 Å². The van der Waals surface area contributed by atoms with Crippen LogP contribution in [-0.2, 0) is 38.1 Å². The van der Waals surface area contributed by atoms with Crippen LogP contribution in [0.25, 0.3) is 0 Å². The Balaban J connectivity index is 2.19. The highest BCUT2D eigenvalue weighted by Gasteiger charge is 2.35. The van der Waals surface area contributed by atoms with E-state index < -0.39 is 73.3 Å². The summed E-state index contributed by atoms with van der Waals surface area (Å²) in [5.74, 6) is -4.50. The minimum Gasteiger partial charge on any atom is -0.493 e. The molecule has 3 atom stereocenters. The lowest BCUT2D eigenvalue weighted by molar-refractivity contribution is -0.170. The molecule has 0 aliphatic carbocycles. The predicted molar refractivity (Wildman–Crippen MR) is 124 cm³/mol. The highest BCUT2D eigenvalue weighted by Crippen LogP contribution is 2.29. The van der Waals surface area contributed by atoms with Gasteiger partial charge in [-0.15, -0.1) is 0 Å². The van der Waals surface area contributed by atoms with Gasteiger partial charge in [-0.2, -0.15) is 0 Å². The second-order valence-corrected chi connectivity index (χ2v) is 8.76. The maximum absolute atomic E-state index is 13.1. The maximum atomic E-state index is 13.1. The van der Waals surface area contributed by atoms with Gasteiger partial charge in [0.2, 0.25) is 6.79 Å². The molecule has 204 valence electrons. The number of aromatic nitrogens is 1. The minimum absolute atomic E-state index is 0.118. The number of hydrogen-bond acceptors (Lipinski definition) is 12. The summed E-state index contributed by atoms with van der Waals surface area (Å²) in [7, 11) is 1.34. The summed E-state index contributed by atoms with van der Waals surface area (Å²) < 4.78 is 31.4. The van der Waals surface area contributed by atoms with Crippen molar-refractivity contribution in [3.05, 3.63) is 18.0 Å². The fraction of sp³-hybridized carbons (Fsp3) is 0.583. The second kappa shape index (κ2) is 13.4.